The van der Waals surface area contributed by atoms with Crippen LogP contribution in [0.15, 0.2) is 36.7 Å². The fraction of sp³-hybridized carbons (Fsp3) is 0.200. The lowest BCUT2D eigenvalue weighted by atomic mass is 10.2. The molecule has 110 valence electrons. The van der Waals surface area contributed by atoms with Gasteiger partial charge in [-0.05, 0) is 30.7 Å². The van der Waals surface area contributed by atoms with Gasteiger partial charge in [0.1, 0.15) is 5.82 Å². The molecule has 0 aliphatic rings. The smallest absolute Gasteiger partial charge is 0.257 e. The number of carbonyl (C=O) groups is 1. The fourth-order valence-electron chi connectivity index (χ4n) is 1.82. The van der Waals surface area contributed by atoms with Crippen LogP contribution in [0.4, 0.5) is 15.8 Å². The van der Waals surface area contributed by atoms with E-state index in [1.807, 2.05) is 6.92 Å². The fourth-order valence-corrected chi connectivity index (χ4v) is 2.04. The summed E-state index contributed by atoms with van der Waals surface area (Å²) in [4.78, 5) is 16.3. The highest BCUT2D eigenvalue weighted by Crippen LogP contribution is 2.20. The van der Waals surface area contributed by atoms with E-state index < -0.39 is 5.82 Å². The standard InChI is InChI=1S/C15H15ClFN3O/c1-2-4-19-14-9-18-5-3-13(14)15(21)20-12-7-10(16)6-11(17)8-12/h3,5-9,19H,2,4H2,1H3,(H,20,21). The van der Waals surface area contributed by atoms with Crippen molar-refractivity contribution in [2.75, 3.05) is 17.2 Å². The second-order valence-electron chi connectivity index (χ2n) is 4.46. The van der Waals surface area contributed by atoms with Crippen LogP contribution in [0, 0.1) is 5.82 Å². The Balaban J connectivity index is 2.20. The number of carbonyl (C=O) groups excluding carboxylic acids is 1. The molecule has 2 aromatic rings. The second kappa shape index (κ2) is 7.04. The van der Waals surface area contributed by atoms with E-state index in [4.69, 9.17) is 11.6 Å². The zero-order valence-corrected chi connectivity index (χ0v) is 12.2. The minimum absolute atomic E-state index is 0.226. The molecule has 21 heavy (non-hydrogen) atoms. The first-order chi connectivity index (χ1) is 10.1. The van der Waals surface area contributed by atoms with E-state index in [2.05, 4.69) is 15.6 Å². The highest BCUT2D eigenvalue weighted by molar-refractivity contribution is 6.31. The van der Waals surface area contributed by atoms with Gasteiger partial charge in [-0.15, -0.1) is 0 Å². The molecule has 0 spiro atoms. The monoisotopic (exact) mass is 307 g/mol. The number of anilines is 2. The van der Waals surface area contributed by atoms with Gasteiger partial charge >= 0.3 is 0 Å². The zero-order chi connectivity index (χ0) is 15.2. The third-order valence-electron chi connectivity index (χ3n) is 2.75. The van der Waals surface area contributed by atoms with Crippen LogP contribution in [-0.4, -0.2) is 17.4 Å². The van der Waals surface area contributed by atoms with Gasteiger partial charge in [0.15, 0.2) is 0 Å². The summed E-state index contributed by atoms with van der Waals surface area (Å²) in [7, 11) is 0. The molecule has 0 fully saturated rings. The van der Waals surface area contributed by atoms with Gasteiger partial charge in [0.25, 0.3) is 5.91 Å². The quantitative estimate of drug-likeness (QED) is 0.879. The Hall–Kier alpha value is -2.14. The van der Waals surface area contributed by atoms with E-state index in [0.29, 0.717) is 16.9 Å². The second-order valence-corrected chi connectivity index (χ2v) is 4.90. The lowest BCUT2D eigenvalue weighted by molar-refractivity contribution is 0.102. The highest BCUT2D eigenvalue weighted by Gasteiger charge is 2.12. The molecule has 1 amide bonds. The van der Waals surface area contributed by atoms with E-state index in [0.717, 1.165) is 13.0 Å². The summed E-state index contributed by atoms with van der Waals surface area (Å²) in [5.41, 5.74) is 1.39. The van der Waals surface area contributed by atoms with Gasteiger partial charge in [0.2, 0.25) is 0 Å². The summed E-state index contributed by atoms with van der Waals surface area (Å²) in [6, 6.07) is 5.49. The Kier molecular flexibility index (Phi) is 5.11. The Labute approximate surface area is 127 Å². The van der Waals surface area contributed by atoms with E-state index in [-0.39, 0.29) is 10.9 Å². The first-order valence-electron chi connectivity index (χ1n) is 6.55. The maximum atomic E-state index is 13.3. The lowest BCUT2D eigenvalue weighted by Gasteiger charge is -2.11. The van der Waals surface area contributed by atoms with Crippen molar-refractivity contribution in [3.8, 4) is 0 Å². The molecule has 2 N–H and O–H groups in total. The van der Waals surface area contributed by atoms with Crippen molar-refractivity contribution >= 4 is 28.9 Å². The minimum Gasteiger partial charge on any atom is -0.383 e. The number of nitrogens with zero attached hydrogens (tertiary/aromatic N) is 1. The molecule has 0 bridgehead atoms. The number of aromatic nitrogens is 1. The topological polar surface area (TPSA) is 54.0 Å². The van der Waals surface area contributed by atoms with Crippen LogP contribution >= 0.6 is 11.6 Å². The van der Waals surface area contributed by atoms with Gasteiger partial charge in [-0.1, -0.05) is 18.5 Å². The minimum atomic E-state index is -0.503. The van der Waals surface area contributed by atoms with Gasteiger partial charge in [-0.2, -0.15) is 0 Å². The van der Waals surface area contributed by atoms with Gasteiger partial charge in [-0.25, -0.2) is 4.39 Å². The lowest BCUT2D eigenvalue weighted by Crippen LogP contribution is -2.15. The molecule has 1 aromatic carbocycles. The van der Waals surface area contributed by atoms with E-state index in [9.17, 15) is 9.18 Å². The summed E-state index contributed by atoms with van der Waals surface area (Å²) in [5, 5.41) is 5.98. The molecule has 0 unspecified atom stereocenters. The van der Waals surface area contributed by atoms with Gasteiger partial charge in [0.05, 0.1) is 17.4 Å². The number of pyridine rings is 1. The molecular weight excluding hydrogens is 293 g/mol. The van der Waals surface area contributed by atoms with E-state index >= 15 is 0 Å². The maximum absolute atomic E-state index is 13.3. The van der Waals surface area contributed by atoms with Crippen molar-refractivity contribution in [3.05, 3.63) is 53.1 Å². The third kappa shape index (κ3) is 4.16. The molecule has 0 aliphatic carbocycles. The molecule has 2 rings (SSSR count). The molecule has 0 saturated heterocycles. The Bertz CT molecular complexity index is 628. The van der Waals surface area contributed by atoms with Crippen molar-refractivity contribution in [2.45, 2.75) is 13.3 Å². The van der Waals surface area contributed by atoms with Crippen molar-refractivity contribution in [2.24, 2.45) is 0 Å². The summed E-state index contributed by atoms with van der Waals surface area (Å²) in [5.74, 6) is -0.852. The molecule has 6 heteroatoms. The average Bonchev–Trinajstić information content (AvgIpc) is 2.44. The predicted molar refractivity (Wildman–Crippen MR) is 82.4 cm³/mol. The normalized spacial score (nSPS) is 10.2. The number of nitrogens with one attached hydrogen (secondary N) is 2. The van der Waals surface area contributed by atoms with Gasteiger partial charge in [0, 0.05) is 23.5 Å². The molecule has 0 radical (unpaired) electrons. The average molecular weight is 308 g/mol. The largest absolute Gasteiger partial charge is 0.383 e. The molecule has 0 atom stereocenters. The summed E-state index contributed by atoms with van der Waals surface area (Å²) in [6.45, 7) is 2.76. The molecule has 0 aliphatic heterocycles. The van der Waals surface area contributed by atoms with Crippen LogP contribution in [0.5, 0.6) is 0 Å². The highest BCUT2D eigenvalue weighted by atomic mass is 35.5. The van der Waals surface area contributed by atoms with Crippen molar-refractivity contribution < 1.29 is 9.18 Å². The number of benzene rings is 1. The van der Waals surface area contributed by atoms with Crippen LogP contribution in [0.2, 0.25) is 5.02 Å². The van der Waals surface area contributed by atoms with Crippen molar-refractivity contribution in [1.82, 2.24) is 4.98 Å². The number of amides is 1. The number of halogens is 2. The van der Waals surface area contributed by atoms with Crippen LogP contribution in [-0.2, 0) is 0 Å². The van der Waals surface area contributed by atoms with Crippen LogP contribution in [0.1, 0.15) is 23.7 Å². The summed E-state index contributed by atoms with van der Waals surface area (Å²) >= 11 is 5.77. The Morgan fingerprint density at radius 1 is 1.38 bits per heavy atom. The van der Waals surface area contributed by atoms with Gasteiger partial charge < -0.3 is 10.6 Å². The predicted octanol–water partition coefficient (Wildman–Crippen LogP) is 3.95. The molecule has 1 aromatic heterocycles. The first-order valence-corrected chi connectivity index (χ1v) is 6.93. The third-order valence-corrected chi connectivity index (χ3v) is 2.97. The number of hydrogen-bond donors (Lipinski definition) is 2. The summed E-state index contributed by atoms with van der Waals surface area (Å²) in [6.07, 6.45) is 4.04. The molecule has 1 heterocycles. The van der Waals surface area contributed by atoms with E-state index in [1.165, 1.54) is 24.4 Å². The van der Waals surface area contributed by atoms with Gasteiger partial charge in [-0.3, -0.25) is 9.78 Å². The Morgan fingerprint density at radius 2 is 2.19 bits per heavy atom. The maximum Gasteiger partial charge on any atom is 0.257 e. The summed E-state index contributed by atoms with van der Waals surface area (Å²) < 4.78 is 13.3. The van der Waals surface area contributed by atoms with Crippen LogP contribution < -0.4 is 10.6 Å². The van der Waals surface area contributed by atoms with Crippen LogP contribution in [0.25, 0.3) is 0 Å². The molecule has 0 saturated carbocycles. The Morgan fingerprint density at radius 3 is 2.90 bits per heavy atom. The first kappa shape index (κ1) is 15.3. The molecule has 4 nitrogen and oxygen atoms in total. The van der Waals surface area contributed by atoms with Crippen molar-refractivity contribution in [3.63, 3.8) is 0 Å². The molecular formula is C15H15ClFN3O. The van der Waals surface area contributed by atoms with E-state index in [1.54, 1.807) is 12.3 Å². The number of rotatable bonds is 5. The SMILES string of the molecule is CCCNc1cnccc1C(=O)Nc1cc(F)cc(Cl)c1. The van der Waals surface area contributed by atoms with Crippen LogP contribution in [0.3, 0.4) is 0 Å². The zero-order valence-electron chi connectivity index (χ0n) is 11.5. The number of hydrogen-bond acceptors (Lipinski definition) is 3. The van der Waals surface area contributed by atoms with Crippen molar-refractivity contribution in [1.29, 1.82) is 0 Å².